The number of benzene rings is 2. The first-order chi connectivity index (χ1) is 16.9. The van der Waals surface area contributed by atoms with E-state index in [9.17, 15) is 4.79 Å². The maximum Gasteiger partial charge on any atom is 0.322 e. The van der Waals surface area contributed by atoms with E-state index in [1.54, 1.807) is 0 Å². The zero-order chi connectivity index (χ0) is 24.5. The molecule has 1 aliphatic heterocycles. The molecule has 0 bridgehead atoms. The van der Waals surface area contributed by atoms with E-state index in [2.05, 4.69) is 17.4 Å². The third-order valence-electron chi connectivity index (χ3n) is 6.74. The summed E-state index contributed by atoms with van der Waals surface area (Å²) in [5.74, 6) is 0.560. The highest BCUT2D eigenvalue weighted by atomic mass is 35.5. The molecule has 0 radical (unpaired) electrons. The highest BCUT2D eigenvalue weighted by molar-refractivity contribution is 6.30. The number of aromatic nitrogens is 3. The van der Waals surface area contributed by atoms with Crippen LogP contribution in [0.15, 0.2) is 59.1 Å². The van der Waals surface area contributed by atoms with Gasteiger partial charge in [-0.15, -0.1) is 0 Å². The number of carbonyl (C=O) groups excluding carboxylic acids is 1. The van der Waals surface area contributed by atoms with Crippen molar-refractivity contribution in [2.45, 2.75) is 39.2 Å². The molecular formula is C27H28ClN5O2. The number of carbonyl (C=O) groups is 1. The SMILES string of the molecule is Cc1noc(-c2ccccc2)c1NC(=O)N1CCC[C@@H]1c1nn(C)c(C)c1Cc1ccc(Cl)cc1. The van der Waals surface area contributed by atoms with Crippen molar-refractivity contribution in [1.29, 1.82) is 0 Å². The van der Waals surface area contributed by atoms with Crippen molar-refractivity contribution in [3.63, 3.8) is 0 Å². The molecule has 0 unspecified atom stereocenters. The summed E-state index contributed by atoms with van der Waals surface area (Å²) in [7, 11) is 1.95. The molecule has 4 aromatic rings. The van der Waals surface area contributed by atoms with Gasteiger partial charge < -0.3 is 14.7 Å². The van der Waals surface area contributed by atoms with Crippen LogP contribution in [-0.4, -0.2) is 32.4 Å². The standard InChI is InChI=1S/C27H28ClN5O2/c1-17-24(26(35-31-17)20-8-5-4-6-9-20)29-27(34)33-15-7-10-23(33)25-22(18(2)32(3)30-25)16-19-11-13-21(28)14-12-19/h4-6,8-9,11-14,23H,7,10,15-16H2,1-3H3,(H,29,34)/t23-/m1/s1. The first-order valence-corrected chi connectivity index (χ1v) is 12.2. The van der Waals surface area contributed by atoms with E-state index in [0.717, 1.165) is 52.4 Å². The van der Waals surface area contributed by atoms with Crippen molar-refractivity contribution in [2.24, 2.45) is 7.05 Å². The minimum atomic E-state index is -0.170. The summed E-state index contributed by atoms with van der Waals surface area (Å²) in [4.78, 5) is 15.4. The van der Waals surface area contributed by atoms with Crippen molar-refractivity contribution in [3.05, 3.63) is 87.8 Å². The number of likely N-dealkylation sites (tertiary alicyclic amines) is 1. The van der Waals surface area contributed by atoms with Gasteiger partial charge in [0, 0.05) is 41.9 Å². The van der Waals surface area contributed by atoms with Crippen LogP contribution in [0.3, 0.4) is 0 Å². The summed E-state index contributed by atoms with van der Waals surface area (Å²) in [5, 5.41) is 12.7. The van der Waals surface area contributed by atoms with Gasteiger partial charge in [-0.05, 0) is 44.4 Å². The Balaban J connectivity index is 1.42. The molecule has 1 saturated heterocycles. The number of halogens is 1. The van der Waals surface area contributed by atoms with Gasteiger partial charge in [0.2, 0.25) is 0 Å². The monoisotopic (exact) mass is 489 g/mol. The molecule has 1 atom stereocenters. The van der Waals surface area contributed by atoms with Crippen LogP contribution < -0.4 is 5.32 Å². The van der Waals surface area contributed by atoms with E-state index in [4.69, 9.17) is 21.2 Å². The molecule has 8 heteroatoms. The number of aryl methyl sites for hydroxylation is 2. The number of urea groups is 1. The fourth-order valence-electron chi connectivity index (χ4n) is 4.75. The molecule has 2 aromatic heterocycles. The Morgan fingerprint density at radius 3 is 2.63 bits per heavy atom. The van der Waals surface area contributed by atoms with Gasteiger partial charge in [0.25, 0.3) is 0 Å². The van der Waals surface area contributed by atoms with E-state index in [1.807, 2.05) is 78.2 Å². The molecule has 0 aliphatic carbocycles. The molecule has 1 N–H and O–H groups in total. The van der Waals surface area contributed by atoms with Crippen molar-refractivity contribution in [1.82, 2.24) is 19.8 Å². The second-order valence-corrected chi connectivity index (χ2v) is 9.43. The van der Waals surface area contributed by atoms with Crippen molar-refractivity contribution in [2.75, 3.05) is 11.9 Å². The molecular weight excluding hydrogens is 462 g/mol. The third kappa shape index (κ3) is 4.56. The van der Waals surface area contributed by atoms with Crippen LogP contribution in [0.4, 0.5) is 10.5 Å². The lowest BCUT2D eigenvalue weighted by Crippen LogP contribution is -2.35. The zero-order valence-electron chi connectivity index (χ0n) is 20.1. The molecule has 2 aromatic carbocycles. The lowest BCUT2D eigenvalue weighted by molar-refractivity contribution is 0.205. The predicted octanol–water partition coefficient (Wildman–Crippen LogP) is 6.31. The van der Waals surface area contributed by atoms with Gasteiger partial charge >= 0.3 is 6.03 Å². The minimum absolute atomic E-state index is 0.0995. The lowest BCUT2D eigenvalue weighted by atomic mass is 9.98. The van der Waals surface area contributed by atoms with Crippen molar-refractivity contribution < 1.29 is 9.32 Å². The zero-order valence-corrected chi connectivity index (χ0v) is 20.8. The van der Waals surface area contributed by atoms with E-state index in [-0.39, 0.29) is 12.1 Å². The normalized spacial score (nSPS) is 15.5. The third-order valence-corrected chi connectivity index (χ3v) is 7.00. The second-order valence-electron chi connectivity index (χ2n) is 9.00. The van der Waals surface area contributed by atoms with Gasteiger partial charge in [0.05, 0.1) is 11.7 Å². The molecule has 5 rings (SSSR count). The van der Waals surface area contributed by atoms with Crippen LogP contribution in [0.2, 0.25) is 5.02 Å². The molecule has 1 aliphatic rings. The fourth-order valence-corrected chi connectivity index (χ4v) is 4.87. The highest BCUT2D eigenvalue weighted by Gasteiger charge is 2.35. The first kappa shape index (κ1) is 23.2. The van der Waals surface area contributed by atoms with Gasteiger partial charge in [-0.3, -0.25) is 4.68 Å². The fraction of sp³-hybridized carbons (Fsp3) is 0.296. The van der Waals surface area contributed by atoms with Gasteiger partial charge in [-0.25, -0.2) is 4.79 Å². The maximum absolute atomic E-state index is 13.5. The summed E-state index contributed by atoms with van der Waals surface area (Å²) in [6.07, 6.45) is 2.52. The number of anilines is 1. The summed E-state index contributed by atoms with van der Waals surface area (Å²) < 4.78 is 7.47. The van der Waals surface area contributed by atoms with E-state index >= 15 is 0 Å². The summed E-state index contributed by atoms with van der Waals surface area (Å²) >= 11 is 6.08. The van der Waals surface area contributed by atoms with Crippen LogP contribution >= 0.6 is 11.6 Å². The van der Waals surface area contributed by atoms with Gasteiger partial charge in [-0.1, -0.05) is 59.2 Å². The summed E-state index contributed by atoms with van der Waals surface area (Å²) in [6, 6.07) is 17.3. The Kier molecular flexibility index (Phi) is 6.34. The lowest BCUT2D eigenvalue weighted by Gasteiger charge is -2.25. The van der Waals surface area contributed by atoms with Gasteiger partial charge in [0.15, 0.2) is 5.76 Å². The molecule has 35 heavy (non-hydrogen) atoms. The Morgan fingerprint density at radius 1 is 1.14 bits per heavy atom. The Bertz CT molecular complexity index is 1340. The van der Waals surface area contributed by atoms with E-state index in [0.29, 0.717) is 23.7 Å². The average Bonchev–Trinajstić information content (AvgIpc) is 3.56. The smallest absolute Gasteiger partial charge is 0.322 e. The van der Waals surface area contributed by atoms with Crippen molar-refractivity contribution in [3.8, 4) is 11.3 Å². The molecule has 7 nitrogen and oxygen atoms in total. The van der Waals surface area contributed by atoms with Crippen LogP contribution in [0, 0.1) is 13.8 Å². The number of hydrogen-bond donors (Lipinski definition) is 1. The van der Waals surface area contributed by atoms with Crippen LogP contribution in [0.25, 0.3) is 11.3 Å². The molecule has 2 amide bonds. The highest BCUT2D eigenvalue weighted by Crippen LogP contribution is 2.37. The van der Waals surface area contributed by atoms with Crippen LogP contribution in [-0.2, 0) is 13.5 Å². The number of rotatable bonds is 5. The van der Waals surface area contributed by atoms with Crippen LogP contribution in [0.5, 0.6) is 0 Å². The number of nitrogens with one attached hydrogen (secondary N) is 1. The molecule has 180 valence electrons. The Hall–Kier alpha value is -3.58. The minimum Gasteiger partial charge on any atom is -0.354 e. The molecule has 0 saturated carbocycles. The van der Waals surface area contributed by atoms with E-state index in [1.165, 1.54) is 0 Å². The largest absolute Gasteiger partial charge is 0.354 e. The topological polar surface area (TPSA) is 76.2 Å². The number of nitrogens with zero attached hydrogens (tertiary/aromatic N) is 4. The predicted molar refractivity (Wildman–Crippen MR) is 137 cm³/mol. The maximum atomic E-state index is 13.5. The van der Waals surface area contributed by atoms with Gasteiger partial charge in [0.1, 0.15) is 11.4 Å². The van der Waals surface area contributed by atoms with Crippen molar-refractivity contribution >= 4 is 23.3 Å². The molecule has 0 spiro atoms. The summed E-state index contributed by atoms with van der Waals surface area (Å²) in [5.41, 5.74) is 6.49. The Morgan fingerprint density at radius 2 is 1.89 bits per heavy atom. The second kappa shape index (κ2) is 9.58. The number of hydrogen-bond acceptors (Lipinski definition) is 4. The molecule has 1 fully saturated rings. The van der Waals surface area contributed by atoms with Crippen LogP contribution in [0.1, 0.15) is 47.1 Å². The Labute approximate surface area is 209 Å². The van der Waals surface area contributed by atoms with Gasteiger partial charge in [-0.2, -0.15) is 5.10 Å². The summed E-state index contributed by atoms with van der Waals surface area (Å²) in [6.45, 7) is 4.57. The molecule has 3 heterocycles. The van der Waals surface area contributed by atoms with E-state index < -0.39 is 0 Å². The average molecular weight is 490 g/mol. The quantitative estimate of drug-likeness (QED) is 0.356. The number of amides is 2. The first-order valence-electron chi connectivity index (χ1n) is 11.8.